The zero-order chi connectivity index (χ0) is 23.2. The van der Waals surface area contributed by atoms with E-state index in [1.165, 1.54) is 0 Å². The van der Waals surface area contributed by atoms with Crippen molar-refractivity contribution >= 4 is 11.6 Å². The van der Waals surface area contributed by atoms with Gasteiger partial charge in [-0.05, 0) is 26.2 Å². The number of likely N-dealkylation sites (N-methyl/N-ethyl adjacent to an activating group) is 2. The molecule has 1 saturated heterocycles. The standard InChI is InChI=1S/C12H18N4O2.C10H16N4O/c1-15-2-7-18-12-10(9-15)8-11(13-14-12)16-3-5-17-6-4-16;1-13(2)9-6-8-7-14(3)4-5-15-10(8)12-11-9/h8H,2-7,9H2,1H3;6H,4-5,7H2,1-3H3. The Kier molecular flexibility index (Phi) is 7.73. The molecule has 0 aliphatic carbocycles. The molecule has 2 aromatic heterocycles. The maximum absolute atomic E-state index is 5.60. The zero-order valence-electron chi connectivity index (χ0n) is 20.0. The first-order chi connectivity index (χ1) is 16.0. The van der Waals surface area contributed by atoms with Crippen molar-refractivity contribution in [3.63, 3.8) is 0 Å². The fraction of sp³-hybridized carbons (Fsp3) is 0.636. The molecule has 0 saturated carbocycles. The minimum absolute atomic E-state index is 0.671. The van der Waals surface area contributed by atoms with E-state index in [-0.39, 0.29) is 0 Å². The van der Waals surface area contributed by atoms with Crippen molar-refractivity contribution in [1.82, 2.24) is 30.2 Å². The highest BCUT2D eigenvalue weighted by atomic mass is 16.5. The molecule has 0 aromatic carbocycles. The van der Waals surface area contributed by atoms with Gasteiger partial charge >= 0.3 is 0 Å². The molecule has 5 heterocycles. The van der Waals surface area contributed by atoms with Gasteiger partial charge in [0, 0.05) is 64.5 Å². The average Bonchev–Trinajstić information content (AvgIpc) is 3.12. The first-order valence-electron chi connectivity index (χ1n) is 11.4. The summed E-state index contributed by atoms with van der Waals surface area (Å²) >= 11 is 0. The van der Waals surface area contributed by atoms with Gasteiger partial charge in [0.1, 0.15) is 13.2 Å². The molecular weight excluding hydrogens is 424 g/mol. The Labute approximate surface area is 195 Å². The highest BCUT2D eigenvalue weighted by molar-refractivity contribution is 5.44. The lowest BCUT2D eigenvalue weighted by molar-refractivity contribution is 0.122. The summed E-state index contributed by atoms with van der Waals surface area (Å²) in [6, 6.07) is 4.12. The number of hydrogen-bond acceptors (Lipinski definition) is 11. The van der Waals surface area contributed by atoms with Gasteiger partial charge in [0.05, 0.1) is 13.2 Å². The van der Waals surface area contributed by atoms with Gasteiger partial charge in [-0.2, -0.15) is 0 Å². The molecule has 3 aliphatic heterocycles. The quantitative estimate of drug-likeness (QED) is 0.630. The van der Waals surface area contributed by atoms with E-state index in [0.717, 1.165) is 75.2 Å². The fourth-order valence-electron chi connectivity index (χ4n) is 3.79. The van der Waals surface area contributed by atoms with Crippen LogP contribution in [-0.4, -0.2) is 111 Å². The van der Waals surface area contributed by atoms with Gasteiger partial charge in [-0.15, -0.1) is 20.4 Å². The number of morpholine rings is 1. The second-order valence-electron chi connectivity index (χ2n) is 8.73. The summed E-state index contributed by atoms with van der Waals surface area (Å²) in [5.41, 5.74) is 2.22. The number of nitrogens with zero attached hydrogens (tertiary/aromatic N) is 8. The van der Waals surface area contributed by atoms with Crippen molar-refractivity contribution in [1.29, 1.82) is 0 Å². The van der Waals surface area contributed by atoms with Crippen molar-refractivity contribution in [2.24, 2.45) is 0 Å². The van der Waals surface area contributed by atoms with Crippen LogP contribution in [-0.2, 0) is 17.8 Å². The molecule has 0 spiro atoms. The Morgan fingerprint density at radius 1 is 0.727 bits per heavy atom. The maximum Gasteiger partial charge on any atom is 0.238 e. The van der Waals surface area contributed by atoms with E-state index in [1.807, 2.05) is 25.1 Å². The Bertz CT molecular complexity index is 923. The lowest BCUT2D eigenvalue weighted by Crippen LogP contribution is -2.37. The van der Waals surface area contributed by atoms with Crippen LogP contribution >= 0.6 is 0 Å². The van der Waals surface area contributed by atoms with Crippen LogP contribution in [0, 0.1) is 0 Å². The van der Waals surface area contributed by atoms with Crippen LogP contribution in [0.5, 0.6) is 11.8 Å². The van der Waals surface area contributed by atoms with Crippen molar-refractivity contribution in [2.75, 3.05) is 90.6 Å². The molecule has 0 amide bonds. The van der Waals surface area contributed by atoms with Gasteiger partial charge < -0.3 is 24.0 Å². The zero-order valence-corrected chi connectivity index (χ0v) is 20.0. The summed E-state index contributed by atoms with van der Waals surface area (Å²) in [6.45, 7) is 8.21. The summed E-state index contributed by atoms with van der Waals surface area (Å²) in [4.78, 5) is 8.60. The van der Waals surface area contributed by atoms with Crippen molar-refractivity contribution in [3.8, 4) is 11.8 Å². The molecule has 0 bridgehead atoms. The smallest absolute Gasteiger partial charge is 0.238 e. The van der Waals surface area contributed by atoms with Crippen molar-refractivity contribution in [2.45, 2.75) is 13.1 Å². The fourth-order valence-corrected chi connectivity index (χ4v) is 3.79. The number of ether oxygens (including phenoxy) is 3. The van der Waals surface area contributed by atoms with Gasteiger partial charge in [0.2, 0.25) is 11.8 Å². The van der Waals surface area contributed by atoms with Gasteiger partial charge in [-0.1, -0.05) is 0 Å². The van der Waals surface area contributed by atoms with Crippen LogP contribution in [0.3, 0.4) is 0 Å². The molecular formula is C22H34N8O3. The van der Waals surface area contributed by atoms with E-state index < -0.39 is 0 Å². The second-order valence-corrected chi connectivity index (χ2v) is 8.73. The first-order valence-corrected chi connectivity index (χ1v) is 11.4. The third kappa shape index (κ3) is 6.18. The first kappa shape index (κ1) is 23.4. The molecule has 0 unspecified atom stereocenters. The Hall–Kier alpha value is -2.76. The van der Waals surface area contributed by atoms with Crippen LogP contribution in [0.2, 0.25) is 0 Å². The second kappa shape index (κ2) is 10.9. The molecule has 3 aliphatic rings. The van der Waals surface area contributed by atoms with Crippen LogP contribution < -0.4 is 19.3 Å². The van der Waals surface area contributed by atoms with Gasteiger partial charge in [-0.25, -0.2) is 0 Å². The van der Waals surface area contributed by atoms with E-state index in [0.29, 0.717) is 25.0 Å². The number of hydrogen-bond donors (Lipinski definition) is 0. The molecule has 180 valence electrons. The minimum atomic E-state index is 0.671. The minimum Gasteiger partial charge on any atom is -0.475 e. The molecule has 11 heteroatoms. The Balaban J connectivity index is 0.000000160. The lowest BCUT2D eigenvalue weighted by atomic mass is 10.2. The average molecular weight is 459 g/mol. The van der Waals surface area contributed by atoms with E-state index >= 15 is 0 Å². The molecule has 11 nitrogen and oxygen atoms in total. The van der Waals surface area contributed by atoms with E-state index in [4.69, 9.17) is 14.2 Å². The van der Waals surface area contributed by atoms with Gasteiger partial charge in [0.25, 0.3) is 0 Å². The van der Waals surface area contributed by atoms with Crippen LogP contribution in [0.1, 0.15) is 11.1 Å². The molecule has 5 rings (SSSR count). The highest BCUT2D eigenvalue weighted by Gasteiger charge is 2.19. The van der Waals surface area contributed by atoms with Gasteiger partial charge in [-0.3, -0.25) is 9.80 Å². The predicted molar refractivity (Wildman–Crippen MR) is 125 cm³/mol. The largest absolute Gasteiger partial charge is 0.475 e. The monoisotopic (exact) mass is 458 g/mol. The van der Waals surface area contributed by atoms with Crippen molar-refractivity contribution in [3.05, 3.63) is 23.3 Å². The predicted octanol–water partition coefficient (Wildman–Crippen LogP) is 0.504. The highest BCUT2D eigenvalue weighted by Crippen LogP contribution is 2.24. The van der Waals surface area contributed by atoms with E-state index in [2.05, 4.69) is 55.3 Å². The normalized spacial score (nSPS) is 19.0. The molecule has 1 fully saturated rings. The van der Waals surface area contributed by atoms with Crippen LogP contribution in [0.25, 0.3) is 0 Å². The summed E-state index contributed by atoms with van der Waals surface area (Å²) in [7, 11) is 8.08. The third-order valence-corrected chi connectivity index (χ3v) is 5.74. The molecule has 0 radical (unpaired) electrons. The van der Waals surface area contributed by atoms with Crippen LogP contribution in [0.4, 0.5) is 11.6 Å². The topological polar surface area (TPSA) is 92.2 Å². The Morgan fingerprint density at radius 3 is 1.91 bits per heavy atom. The number of anilines is 2. The number of fused-ring (bicyclic) bond motifs is 2. The number of rotatable bonds is 2. The van der Waals surface area contributed by atoms with E-state index in [9.17, 15) is 0 Å². The molecule has 33 heavy (non-hydrogen) atoms. The molecule has 0 N–H and O–H groups in total. The van der Waals surface area contributed by atoms with Gasteiger partial charge in [0.15, 0.2) is 11.6 Å². The summed E-state index contributed by atoms with van der Waals surface area (Å²) in [5.74, 6) is 3.14. The molecule has 2 aromatic rings. The van der Waals surface area contributed by atoms with E-state index in [1.54, 1.807) is 0 Å². The summed E-state index contributed by atoms with van der Waals surface area (Å²) in [5, 5.41) is 16.7. The maximum atomic E-state index is 5.60. The Morgan fingerprint density at radius 2 is 1.30 bits per heavy atom. The van der Waals surface area contributed by atoms with Crippen molar-refractivity contribution < 1.29 is 14.2 Å². The third-order valence-electron chi connectivity index (χ3n) is 5.74. The SMILES string of the molecule is CN1CCOc2nnc(N(C)C)cc2C1.CN1CCOc2nnc(N3CCOCC3)cc2C1. The summed E-state index contributed by atoms with van der Waals surface area (Å²) in [6.07, 6.45) is 0. The lowest BCUT2D eigenvalue weighted by Gasteiger charge is -2.27. The molecule has 0 atom stereocenters. The van der Waals surface area contributed by atoms with Crippen LogP contribution in [0.15, 0.2) is 12.1 Å². The summed E-state index contributed by atoms with van der Waals surface area (Å²) < 4.78 is 16.5. The number of aromatic nitrogens is 4.